The molecule has 7 nitrogen and oxygen atoms in total. The van der Waals surface area contributed by atoms with Crippen LogP contribution in [0.1, 0.15) is 22.6 Å². The minimum atomic E-state index is -1.10. The number of hydrogen-bond donors (Lipinski definition) is 1. The summed E-state index contributed by atoms with van der Waals surface area (Å²) in [7, 11) is 3.00. The second-order valence-electron chi connectivity index (χ2n) is 8.07. The van der Waals surface area contributed by atoms with Gasteiger partial charge in [-0.25, -0.2) is 9.59 Å². The van der Waals surface area contributed by atoms with E-state index in [1.807, 2.05) is 36.4 Å². The van der Waals surface area contributed by atoms with Crippen molar-refractivity contribution in [3.8, 4) is 22.6 Å². The molecule has 1 atom stereocenters. The fourth-order valence-corrected chi connectivity index (χ4v) is 4.85. The zero-order valence-corrected chi connectivity index (χ0v) is 18.3. The van der Waals surface area contributed by atoms with Gasteiger partial charge < -0.3 is 19.3 Å². The lowest BCUT2D eigenvalue weighted by Crippen LogP contribution is -2.43. The Hall–Kier alpha value is -4.00. The van der Waals surface area contributed by atoms with Gasteiger partial charge in [0.1, 0.15) is 12.6 Å². The predicted molar refractivity (Wildman–Crippen MR) is 122 cm³/mol. The lowest BCUT2D eigenvalue weighted by atomic mass is 9.98. The molecule has 1 amide bonds. The number of anilines is 1. The van der Waals surface area contributed by atoms with Crippen molar-refractivity contribution in [2.75, 3.05) is 25.7 Å². The van der Waals surface area contributed by atoms with Crippen LogP contribution in [0.3, 0.4) is 0 Å². The molecule has 7 heteroatoms. The van der Waals surface area contributed by atoms with Crippen molar-refractivity contribution in [3.05, 3.63) is 77.4 Å². The molecule has 0 saturated carbocycles. The highest BCUT2D eigenvalue weighted by Crippen LogP contribution is 2.45. The molecule has 1 unspecified atom stereocenters. The molecule has 1 aliphatic heterocycles. The van der Waals surface area contributed by atoms with Gasteiger partial charge >= 0.3 is 12.1 Å². The first-order valence-electron chi connectivity index (χ1n) is 10.7. The summed E-state index contributed by atoms with van der Waals surface area (Å²) in [6, 6.07) is 18.4. The second kappa shape index (κ2) is 8.16. The maximum absolute atomic E-state index is 13.2. The molecule has 3 aromatic rings. The lowest BCUT2D eigenvalue weighted by molar-refractivity contribution is -0.138. The minimum absolute atomic E-state index is 0.109. The third-order valence-electron chi connectivity index (χ3n) is 6.39. The van der Waals surface area contributed by atoms with Gasteiger partial charge in [0.05, 0.1) is 19.9 Å². The number of ether oxygens (including phenoxy) is 3. The zero-order chi connectivity index (χ0) is 23.1. The number of amides is 1. The second-order valence-corrected chi connectivity index (χ2v) is 8.07. The number of carbonyl (C=O) groups is 2. The molecule has 1 aliphatic carbocycles. The Kier molecular flexibility index (Phi) is 5.17. The molecule has 5 rings (SSSR count). The van der Waals surface area contributed by atoms with E-state index in [0.29, 0.717) is 22.7 Å². The number of carboxylic acid groups (broad SMARTS) is 1. The topological polar surface area (TPSA) is 85.3 Å². The van der Waals surface area contributed by atoms with Crippen LogP contribution in [0.15, 0.2) is 60.7 Å². The molecule has 33 heavy (non-hydrogen) atoms. The molecule has 168 valence electrons. The molecular formula is C26H23NO6. The average molecular weight is 445 g/mol. The van der Waals surface area contributed by atoms with E-state index in [0.717, 1.165) is 22.3 Å². The quantitative estimate of drug-likeness (QED) is 0.624. The molecule has 0 aromatic heterocycles. The number of carboxylic acids is 1. The van der Waals surface area contributed by atoms with Crippen molar-refractivity contribution in [3.63, 3.8) is 0 Å². The average Bonchev–Trinajstić information content (AvgIpc) is 3.37. The summed E-state index contributed by atoms with van der Waals surface area (Å²) in [4.78, 5) is 26.4. The molecule has 1 N–H and O–H groups in total. The van der Waals surface area contributed by atoms with Gasteiger partial charge in [0.15, 0.2) is 11.5 Å². The van der Waals surface area contributed by atoms with Crippen LogP contribution >= 0.6 is 0 Å². The highest BCUT2D eigenvalue weighted by molar-refractivity contribution is 5.99. The van der Waals surface area contributed by atoms with Crippen LogP contribution in [-0.2, 0) is 16.0 Å². The van der Waals surface area contributed by atoms with Crippen molar-refractivity contribution in [1.82, 2.24) is 0 Å². The Balaban J connectivity index is 1.44. The molecule has 0 fully saturated rings. The highest BCUT2D eigenvalue weighted by atomic mass is 16.6. The van der Waals surface area contributed by atoms with E-state index in [9.17, 15) is 14.7 Å². The van der Waals surface area contributed by atoms with Crippen LogP contribution in [0.2, 0.25) is 0 Å². The molecule has 0 radical (unpaired) electrons. The van der Waals surface area contributed by atoms with Crippen molar-refractivity contribution < 1.29 is 28.9 Å². The Morgan fingerprint density at radius 2 is 1.52 bits per heavy atom. The lowest BCUT2D eigenvalue weighted by Gasteiger charge is -2.24. The predicted octanol–water partition coefficient (Wildman–Crippen LogP) is 4.47. The van der Waals surface area contributed by atoms with E-state index in [-0.39, 0.29) is 18.9 Å². The number of carbonyl (C=O) groups excluding carboxylic acids is 1. The van der Waals surface area contributed by atoms with E-state index >= 15 is 0 Å². The third-order valence-corrected chi connectivity index (χ3v) is 6.39. The van der Waals surface area contributed by atoms with Crippen LogP contribution < -0.4 is 14.4 Å². The fourth-order valence-electron chi connectivity index (χ4n) is 4.85. The molecule has 0 saturated heterocycles. The van der Waals surface area contributed by atoms with Crippen LogP contribution in [0, 0.1) is 0 Å². The summed E-state index contributed by atoms with van der Waals surface area (Å²) in [5.41, 5.74) is 5.58. The summed E-state index contributed by atoms with van der Waals surface area (Å²) in [5, 5.41) is 9.79. The van der Waals surface area contributed by atoms with Crippen molar-refractivity contribution in [2.24, 2.45) is 0 Å². The molecular weight excluding hydrogens is 422 g/mol. The van der Waals surface area contributed by atoms with Crippen molar-refractivity contribution in [1.29, 1.82) is 0 Å². The van der Waals surface area contributed by atoms with Gasteiger partial charge in [-0.3, -0.25) is 4.90 Å². The molecule has 1 heterocycles. The van der Waals surface area contributed by atoms with Gasteiger partial charge in [-0.1, -0.05) is 48.5 Å². The molecule has 2 aliphatic rings. The number of benzene rings is 3. The van der Waals surface area contributed by atoms with E-state index in [2.05, 4.69) is 12.1 Å². The smallest absolute Gasteiger partial charge is 0.415 e. The minimum Gasteiger partial charge on any atom is -0.493 e. The maximum Gasteiger partial charge on any atom is 0.415 e. The Morgan fingerprint density at radius 3 is 2.09 bits per heavy atom. The Bertz CT molecular complexity index is 1210. The largest absolute Gasteiger partial charge is 0.493 e. The normalized spacial score (nSPS) is 16.1. The summed E-state index contributed by atoms with van der Waals surface area (Å²) in [6.07, 6.45) is -0.537. The summed E-state index contributed by atoms with van der Waals surface area (Å²) < 4.78 is 16.4. The Labute approximate surface area is 191 Å². The number of nitrogens with zero attached hydrogens (tertiary/aromatic N) is 1. The molecule has 3 aromatic carbocycles. The molecule has 0 bridgehead atoms. The van der Waals surface area contributed by atoms with Crippen molar-refractivity contribution >= 4 is 17.7 Å². The monoisotopic (exact) mass is 445 g/mol. The van der Waals surface area contributed by atoms with E-state index in [1.54, 1.807) is 12.1 Å². The summed E-state index contributed by atoms with van der Waals surface area (Å²) in [5.74, 6) is -0.316. The SMILES string of the molecule is COc1cc2c(cc1OC)N(C(=O)OCC1c3ccccc3-c3ccccc31)C(C(=O)O)C2. The first kappa shape index (κ1) is 20.9. The van der Waals surface area contributed by atoms with E-state index < -0.39 is 18.1 Å². The number of hydrogen-bond acceptors (Lipinski definition) is 5. The highest BCUT2D eigenvalue weighted by Gasteiger charge is 2.41. The van der Waals surface area contributed by atoms with Crippen LogP contribution in [0.4, 0.5) is 10.5 Å². The number of aliphatic carboxylic acids is 1. The standard InChI is InChI=1S/C26H23NO6/c1-31-23-12-15-11-22(25(28)29)27(21(15)13-24(23)32-2)26(30)33-14-20-18-9-5-3-7-16(18)17-8-4-6-10-19(17)20/h3-10,12-13,20,22H,11,14H2,1-2H3,(H,28,29). The molecule has 0 spiro atoms. The number of rotatable bonds is 5. The van der Waals surface area contributed by atoms with Crippen LogP contribution in [0.5, 0.6) is 11.5 Å². The van der Waals surface area contributed by atoms with Gasteiger partial charge in [-0.2, -0.15) is 0 Å². The first-order chi connectivity index (χ1) is 16.0. The van der Waals surface area contributed by atoms with Gasteiger partial charge in [0.2, 0.25) is 0 Å². The number of fused-ring (bicyclic) bond motifs is 4. The van der Waals surface area contributed by atoms with E-state index in [1.165, 1.54) is 19.1 Å². The maximum atomic E-state index is 13.2. The van der Waals surface area contributed by atoms with Crippen molar-refractivity contribution in [2.45, 2.75) is 18.4 Å². The third kappa shape index (κ3) is 3.36. The van der Waals surface area contributed by atoms with Gasteiger partial charge in [-0.05, 0) is 33.9 Å². The van der Waals surface area contributed by atoms with Crippen LogP contribution in [-0.4, -0.2) is 44.0 Å². The first-order valence-corrected chi connectivity index (χ1v) is 10.7. The number of methoxy groups -OCH3 is 2. The zero-order valence-electron chi connectivity index (χ0n) is 18.3. The summed E-state index contributed by atoms with van der Waals surface area (Å²) in [6.45, 7) is 0.109. The van der Waals surface area contributed by atoms with Crippen LogP contribution in [0.25, 0.3) is 11.1 Å². The van der Waals surface area contributed by atoms with Gasteiger partial charge in [0.25, 0.3) is 0 Å². The summed E-state index contributed by atoms with van der Waals surface area (Å²) >= 11 is 0. The van der Waals surface area contributed by atoms with Gasteiger partial charge in [-0.15, -0.1) is 0 Å². The van der Waals surface area contributed by atoms with Gasteiger partial charge in [0, 0.05) is 18.4 Å². The van der Waals surface area contributed by atoms with E-state index in [4.69, 9.17) is 14.2 Å². The fraction of sp³-hybridized carbons (Fsp3) is 0.231. The Morgan fingerprint density at radius 1 is 0.939 bits per heavy atom.